The third-order valence-electron chi connectivity index (χ3n) is 8.64. The first-order valence-electron chi connectivity index (χ1n) is 15.5. The number of benzene rings is 6. The van der Waals surface area contributed by atoms with E-state index < -0.39 is 0 Å². The van der Waals surface area contributed by atoms with Crippen LogP contribution in [0.5, 0.6) is 0 Å². The Morgan fingerprint density at radius 1 is 0.404 bits per heavy atom. The van der Waals surface area contributed by atoms with Crippen LogP contribution in [0, 0.1) is 0 Å². The van der Waals surface area contributed by atoms with Gasteiger partial charge in [0.25, 0.3) is 0 Å². The lowest BCUT2D eigenvalue weighted by molar-refractivity contribution is 1.10. The maximum Gasteiger partial charge on any atom is 0.160 e. The van der Waals surface area contributed by atoms with Crippen molar-refractivity contribution in [3.05, 3.63) is 158 Å². The Hall–Kier alpha value is -6.53. The Bertz CT molecular complexity index is 2550. The standard InChI is InChI=1S/C41H26N6/c1-3-11-27(12-4-1)41-46-35-26-29(18-20-36(35)47(41)30-13-5-2-6-14-30)28-17-19-33-34(25-28)38(40-44-23-10-24-45-40)32-16-8-7-15-31(32)37(33)39-42-21-9-22-43-39/h1-26H. The van der Waals surface area contributed by atoms with Crippen molar-refractivity contribution in [2.24, 2.45) is 0 Å². The van der Waals surface area contributed by atoms with Crippen molar-refractivity contribution >= 4 is 32.6 Å². The molecular formula is C41H26N6. The number of nitrogens with zero attached hydrogens (tertiary/aromatic N) is 6. The Kier molecular flexibility index (Phi) is 6.35. The largest absolute Gasteiger partial charge is 0.292 e. The van der Waals surface area contributed by atoms with Crippen LogP contribution in [0.25, 0.3) is 83.6 Å². The summed E-state index contributed by atoms with van der Waals surface area (Å²) < 4.78 is 2.23. The lowest BCUT2D eigenvalue weighted by atomic mass is 9.89. The molecule has 0 saturated carbocycles. The van der Waals surface area contributed by atoms with Crippen molar-refractivity contribution in [3.8, 4) is 51.0 Å². The van der Waals surface area contributed by atoms with Gasteiger partial charge in [0.15, 0.2) is 11.6 Å². The van der Waals surface area contributed by atoms with E-state index in [0.29, 0.717) is 11.6 Å². The fourth-order valence-corrected chi connectivity index (χ4v) is 6.58. The second-order valence-electron chi connectivity index (χ2n) is 11.4. The average molecular weight is 603 g/mol. The first-order chi connectivity index (χ1) is 23.3. The molecule has 0 amide bonds. The molecule has 0 aliphatic heterocycles. The summed E-state index contributed by atoms with van der Waals surface area (Å²) in [6.07, 6.45) is 7.17. The number of aromatic nitrogens is 6. The zero-order chi connectivity index (χ0) is 31.2. The van der Waals surface area contributed by atoms with Crippen LogP contribution in [-0.2, 0) is 0 Å². The summed E-state index contributed by atoms with van der Waals surface area (Å²) in [7, 11) is 0. The monoisotopic (exact) mass is 602 g/mol. The zero-order valence-corrected chi connectivity index (χ0v) is 25.2. The van der Waals surface area contributed by atoms with Crippen molar-refractivity contribution in [3.63, 3.8) is 0 Å². The van der Waals surface area contributed by atoms with E-state index in [1.54, 1.807) is 24.8 Å². The number of rotatable bonds is 5. The predicted molar refractivity (Wildman–Crippen MR) is 189 cm³/mol. The van der Waals surface area contributed by atoms with E-state index in [0.717, 1.165) is 71.9 Å². The van der Waals surface area contributed by atoms with Gasteiger partial charge in [-0.1, -0.05) is 91.0 Å². The molecule has 6 heteroatoms. The average Bonchev–Trinajstić information content (AvgIpc) is 3.54. The van der Waals surface area contributed by atoms with E-state index in [-0.39, 0.29) is 0 Å². The topological polar surface area (TPSA) is 69.4 Å². The van der Waals surface area contributed by atoms with Gasteiger partial charge in [-0.25, -0.2) is 24.9 Å². The van der Waals surface area contributed by atoms with Gasteiger partial charge in [-0.2, -0.15) is 0 Å². The predicted octanol–water partition coefficient (Wildman–Crippen LogP) is 9.58. The van der Waals surface area contributed by atoms with Crippen LogP contribution in [0.3, 0.4) is 0 Å². The van der Waals surface area contributed by atoms with Crippen molar-refractivity contribution in [2.45, 2.75) is 0 Å². The maximum absolute atomic E-state index is 5.19. The summed E-state index contributed by atoms with van der Waals surface area (Å²) in [6, 6.07) is 45.9. The quantitative estimate of drug-likeness (QED) is 0.184. The molecular weight excluding hydrogens is 576 g/mol. The molecule has 220 valence electrons. The molecule has 0 aliphatic rings. The van der Waals surface area contributed by atoms with Gasteiger partial charge in [-0.05, 0) is 75.1 Å². The van der Waals surface area contributed by atoms with E-state index >= 15 is 0 Å². The van der Waals surface area contributed by atoms with Gasteiger partial charge in [-0.3, -0.25) is 4.57 Å². The highest BCUT2D eigenvalue weighted by molar-refractivity contribution is 6.20. The molecule has 0 unspecified atom stereocenters. The van der Waals surface area contributed by atoms with Gasteiger partial charge in [0, 0.05) is 47.2 Å². The third-order valence-corrected chi connectivity index (χ3v) is 8.64. The van der Waals surface area contributed by atoms with Gasteiger partial charge < -0.3 is 0 Å². The number of hydrogen-bond donors (Lipinski definition) is 0. The molecule has 0 N–H and O–H groups in total. The Labute approximate surface area is 270 Å². The molecule has 6 aromatic carbocycles. The molecule has 47 heavy (non-hydrogen) atoms. The molecule has 0 bridgehead atoms. The third kappa shape index (κ3) is 4.54. The Balaban J connectivity index is 1.30. The molecule has 6 nitrogen and oxygen atoms in total. The molecule has 0 spiro atoms. The minimum absolute atomic E-state index is 0.677. The van der Waals surface area contributed by atoms with Gasteiger partial charge >= 0.3 is 0 Å². The lowest BCUT2D eigenvalue weighted by Crippen LogP contribution is -1.97. The van der Waals surface area contributed by atoms with Crippen LogP contribution < -0.4 is 0 Å². The SMILES string of the molecule is c1ccc(-c2nc3cc(-c4ccc5c(-c6ncccn6)c6ccccc6c(-c6ncccn6)c5c4)ccc3n2-c2ccccc2)cc1. The van der Waals surface area contributed by atoms with Crippen LogP contribution in [-0.4, -0.2) is 29.5 Å². The summed E-state index contributed by atoms with van der Waals surface area (Å²) in [5.41, 5.74) is 8.23. The minimum atomic E-state index is 0.677. The number of hydrogen-bond acceptors (Lipinski definition) is 5. The molecule has 0 fully saturated rings. The van der Waals surface area contributed by atoms with Gasteiger partial charge in [0.1, 0.15) is 5.82 Å². The van der Waals surface area contributed by atoms with Gasteiger partial charge in [0.05, 0.1) is 11.0 Å². The summed E-state index contributed by atoms with van der Waals surface area (Å²) in [6.45, 7) is 0. The molecule has 9 aromatic rings. The summed E-state index contributed by atoms with van der Waals surface area (Å²) in [5, 5.41) is 4.19. The number of para-hydroxylation sites is 1. The summed E-state index contributed by atoms with van der Waals surface area (Å²) >= 11 is 0. The van der Waals surface area contributed by atoms with Crippen molar-refractivity contribution < 1.29 is 0 Å². The highest BCUT2D eigenvalue weighted by Gasteiger charge is 2.20. The second-order valence-corrected chi connectivity index (χ2v) is 11.4. The highest BCUT2D eigenvalue weighted by Crippen LogP contribution is 2.43. The van der Waals surface area contributed by atoms with E-state index in [1.165, 1.54) is 0 Å². The van der Waals surface area contributed by atoms with Crippen LogP contribution in [0.15, 0.2) is 158 Å². The first-order valence-corrected chi connectivity index (χ1v) is 15.5. The van der Waals surface area contributed by atoms with Crippen LogP contribution in [0.1, 0.15) is 0 Å². The fraction of sp³-hybridized carbons (Fsp3) is 0. The lowest BCUT2D eigenvalue weighted by Gasteiger charge is -2.16. The molecule has 0 aliphatic carbocycles. The Morgan fingerprint density at radius 3 is 1.60 bits per heavy atom. The van der Waals surface area contributed by atoms with E-state index in [1.807, 2.05) is 24.3 Å². The number of imidazole rings is 1. The van der Waals surface area contributed by atoms with Gasteiger partial charge in [-0.15, -0.1) is 0 Å². The first kappa shape index (κ1) is 26.8. The zero-order valence-electron chi connectivity index (χ0n) is 25.2. The van der Waals surface area contributed by atoms with E-state index in [4.69, 9.17) is 15.0 Å². The van der Waals surface area contributed by atoms with Crippen LogP contribution in [0.4, 0.5) is 0 Å². The summed E-state index contributed by atoms with van der Waals surface area (Å²) in [5.74, 6) is 2.27. The van der Waals surface area contributed by atoms with Crippen molar-refractivity contribution in [2.75, 3.05) is 0 Å². The second kappa shape index (κ2) is 11.1. The van der Waals surface area contributed by atoms with Crippen LogP contribution in [0.2, 0.25) is 0 Å². The van der Waals surface area contributed by atoms with E-state index in [9.17, 15) is 0 Å². The molecule has 3 aromatic heterocycles. The number of fused-ring (bicyclic) bond motifs is 3. The Morgan fingerprint density at radius 2 is 0.936 bits per heavy atom. The van der Waals surface area contributed by atoms with Crippen molar-refractivity contribution in [1.82, 2.24) is 29.5 Å². The van der Waals surface area contributed by atoms with Crippen LogP contribution >= 0.6 is 0 Å². The van der Waals surface area contributed by atoms with Crippen molar-refractivity contribution in [1.29, 1.82) is 0 Å². The van der Waals surface area contributed by atoms with E-state index in [2.05, 4.69) is 124 Å². The normalized spacial score (nSPS) is 11.4. The minimum Gasteiger partial charge on any atom is -0.292 e. The fourth-order valence-electron chi connectivity index (χ4n) is 6.58. The summed E-state index contributed by atoms with van der Waals surface area (Å²) in [4.78, 5) is 24.0. The molecule has 3 heterocycles. The highest BCUT2D eigenvalue weighted by atomic mass is 15.1. The molecule has 0 radical (unpaired) electrons. The molecule has 0 atom stereocenters. The maximum atomic E-state index is 5.19. The smallest absolute Gasteiger partial charge is 0.160 e. The molecule has 9 rings (SSSR count). The van der Waals surface area contributed by atoms with Gasteiger partial charge in [0.2, 0.25) is 0 Å². The molecule has 0 saturated heterocycles.